The summed E-state index contributed by atoms with van der Waals surface area (Å²) in [6.45, 7) is 0.428. The van der Waals surface area contributed by atoms with Crippen LogP contribution in [0, 0.1) is 0 Å². The summed E-state index contributed by atoms with van der Waals surface area (Å²) in [5.41, 5.74) is 0.817. The van der Waals surface area contributed by atoms with Gasteiger partial charge in [-0.1, -0.05) is 5.16 Å². The Labute approximate surface area is 99.0 Å². The molecule has 0 fully saturated rings. The number of ether oxygens (including phenoxy) is 1. The van der Waals surface area contributed by atoms with Gasteiger partial charge in [0.2, 0.25) is 0 Å². The topological polar surface area (TPSA) is 59.6 Å². The van der Waals surface area contributed by atoms with E-state index in [0.717, 1.165) is 17.1 Å². The fraction of sp³-hybridized carbons (Fsp3) is 0.167. The van der Waals surface area contributed by atoms with Gasteiger partial charge >= 0.3 is 0 Å². The minimum atomic E-state index is 0.428. The maximum Gasteiger partial charge on any atom is 0.146 e. The van der Waals surface area contributed by atoms with Crippen LogP contribution in [0.2, 0.25) is 0 Å². The molecule has 88 valence electrons. The molecule has 0 atom stereocenters. The van der Waals surface area contributed by atoms with E-state index in [0.29, 0.717) is 6.61 Å². The second-order valence-corrected chi connectivity index (χ2v) is 3.56. The highest BCUT2D eigenvalue weighted by atomic mass is 16.5. The third kappa shape index (κ3) is 2.84. The molecule has 0 aliphatic rings. The molecule has 17 heavy (non-hydrogen) atoms. The number of hydrogen-bond acceptors (Lipinski definition) is 4. The summed E-state index contributed by atoms with van der Waals surface area (Å²) in [6, 6.07) is 7.26. The Hall–Kier alpha value is -2.30. The van der Waals surface area contributed by atoms with Crippen LogP contribution in [0.1, 0.15) is 11.4 Å². The van der Waals surface area contributed by atoms with Crippen molar-refractivity contribution in [1.82, 2.24) is 9.55 Å². The van der Waals surface area contributed by atoms with Crippen molar-refractivity contribution in [3.63, 3.8) is 0 Å². The van der Waals surface area contributed by atoms with Crippen LogP contribution in [0.3, 0.4) is 0 Å². The average Bonchev–Trinajstić information content (AvgIpc) is 2.75. The number of imidazole rings is 1. The van der Waals surface area contributed by atoms with Crippen molar-refractivity contribution in [3.05, 3.63) is 48.0 Å². The largest absolute Gasteiger partial charge is 0.486 e. The molecule has 0 amide bonds. The molecule has 0 spiro atoms. The van der Waals surface area contributed by atoms with Crippen LogP contribution >= 0.6 is 0 Å². The highest BCUT2D eigenvalue weighted by molar-refractivity contribution is 5.79. The number of rotatable bonds is 4. The van der Waals surface area contributed by atoms with Gasteiger partial charge in [0, 0.05) is 19.4 Å². The number of benzene rings is 1. The smallest absolute Gasteiger partial charge is 0.146 e. The lowest BCUT2D eigenvalue weighted by Crippen LogP contribution is -2.02. The third-order valence-electron chi connectivity index (χ3n) is 2.38. The van der Waals surface area contributed by atoms with Crippen molar-refractivity contribution in [3.8, 4) is 5.75 Å². The van der Waals surface area contributed by atoms with E-state index in [9.17, 15) is 0 Å². The van der Waals surface area contributed by atoms with Crippen molar-refractivity contribution < 1.29 is 9.94 Å². The molecule has 2 rings (SSSR count). The van der Waals surface area contributed by atoms with Gasteiger partial charge < -0.3 is 14.5 Å². The summed E-state index contributed by atoms with van der Waals surface area (Å²) in [6.07, 6.45) is 4.97. The monoisotopic (exact) mass is 231 g/mol. The Bertz CT molecular complexity index is 503. The van der Waals surface area contributed by atoms with E-state index in [2.05, 4.69) is 10.1 Å². The number of hydrogen-bond donors (Lipinski definition) is 1. The predicted molar refractivity (Wildman–Crippen MR) is 63.4 cm³/mol. The van der Waals surface area contributed by atoms with Gasteiger partial charge in [-0.3, -0.25) is 0 Å². The lowest BCUT2D eigenvalue weighted by molar-refractivity contribution is 0.292. The standard InChI is InChI=1S/C12H13N3O2/c1-15-7-6-13-12(15)9-17-11-4-2-10(3-5-11)8-14-16/h2-8,16H,9H2,1H3. The summed E-state index contributed by atoms with van der Waals surface area (Å²) in [5.74, 6) is 1.62. The van der Waals surface area contributed by atoms with Crippen molar-refractivity contribution in [2.45, 2.75) is 6.61 Å². The highest BCUT2D eigenvalue weighted by Crippen LogP contribution is 2.12. The predicted octanol–water partition coefficient (Wildman–Crippen LogP) is 1.81. The van der Waals surface area contributed by atoms with E-state index in [-0.39, 0.29) is 0 Å². The van der Waals surface area contributed by atoms with Crippen LogP contribution in [0.4, 0.5) is 0 Å². The molecular weight excluding hydrogens is 218 g/mol. The van der Waals surface area contributed by atoms with E-state index >= 15 is 0 Å². The molecule has 1 heterocycles. The van der Waals surface area contributed by atoms with Gasteiger partial charge in [0.15, 0.2) is 0 Å². The molecule has 5 nitrogen and oxygen atoms in total. The lowest BCUT2D eigenvalue weighted by Gasteiger charge is -2.06. The number of aromatic nitrogens is 2. The molecule has 1 aromatic heterocycles. The molecule has 2 aromatic rings. The van der Waals surface area contributed by atoms with Gasteiger partial charge in [-0.25, -0.2) is 4.98 Å². The first kappa shape index (κ1) is 11.2. The molecule has 0 aliphatic heterocycles. The third-order valence-corrected chi connectivity index (χ3v) is 2.38. The number of oxime groups is 1. The number of aryl methyl sites for hydroxylation is 1. The van der Waals surface area contributed by atoms with Crippen LogP contribution in [0.15, 0.2) is 41.8 Å². The first-order valence-corrected chi connectivity index (χ1v) is 5.16. The minimum absolute atomic E-state index is 0.428. The fourth-order valence-electron chi connectivity index (χ4n) is 1.40. The maximum absolute atomic E-state index is 8.38. The van der Waals surface area contributed by atoms with Crippen molar-refractivity contribution in [2.24, 2.45) is 12.2 Å². The van der Waals surface area contributed by atoms with Gasteiger partial charge in [-0.2, -0.15) is 0 Å². The molecule has 0 aliphatic carbocycles. The van der Waals surface area contributed by atoms with Crippen LogP contribution in [-0.2, 0) is 13.7 Å². The van der Waals surface area contributed by atoms with Crippen LogP contribution in [0.5, 0.6) is 5.75 Å². The average molecular weight is 231 g/mol. The van der Waals surface area contributed by atoms with Crippen LogP contribution in [-0.4, -0.2) is 21.0 Å². The summed E-state index contributed by atoms with van der Waals surface area (Å²) < 4.78 is 7.48. The molecule has 0 saturated heterocycles. The van der Waals surface area contributed by atoms with Crippen molar-refractivity contribution in [2.75, 3.05) is 0 Å². The summed E-state index contributed by atoms with van der Waals surface area (Å²) in [4.78, 5) is 4.16. The van der Waals surface area contributed by atoms with Gasteiger partial charge in [0.25, 0.3) is 0 Å². The van der Waals surface area contributed by atoms with E-state index in [1.165, 1.54) is 6.21 Å². The first-order chi connectivity index (χ1) is 8.29. The Kier molecular flexibility index (Phi) is 3.40. The Morgan fingerprint density at radius 3 is 2.76 bits per heavy atom. The maximum atomic E-state index is 8.38. The first-order valence-electron chi connectivity index (χ1n) is 5.16. The van der Waals surface area contributed by atoms with Crippen molar-refractivity contribution in [1.29, 1.82) is 0 Å². The summed E-state index contributed by atoms with van der Waals surface area (Å²) in [5, 5.41) is 11.3. The fourth-order valence-corrected chi connectivity index (χ4v) is 1.40. The zero-order chi connectivity index (χ0) is 12.1. The van der Waals surface area contributed by atoms with Crippen LogP contribution < -0.4 is 4.74 Å². The lowest BCUT2D eigenvalue weighted by atomic mass is 10.2. The van der Waals surface area contributed by atoms with Gasteiger partial charge in [0.05, 0.1) is 6.21 Å². The molecule has 5 heteroatoms. The Morgan fingerprint density at radius 1 is 1.41 bits per heavy atom. The highest BCUT2D eigenvalue weighted by Gasteiger charge is 2.00. The van der Waals surface area contributed by atoms with E-state index < -0.39 is 0 Å². The van der Waals surface area contributed by atoms with Crippen LogP contribution in [0.25, 0.3) is 0 Å². The van der Waals surface area contributed by atoms with Crippen molar-refractivity contribution >= 4 is 6.21 Å². The normalized spacial score (nSPS) is 10.9. The second kappa shape index (κ2) is 5.16. The van der Waals surface area contributed by atoms with Gasteiger partial charge in [-0.15, -0.1) is 0 Å². The summed E-state index contributed by atoms with van der Waals surface area (Å²) >= 11 is 0. The Balaban J connectivity index is 1.98. The zero-order valence-corrected chi connectivity index (χ0v) is 9.45. The quantitative estimate of drug-likeness (QED) is 0.496. The molecule has 1 N–H and O–H groups in total. The SMILES string of the molecule is Cn1ccnc1COc1ccc(C=NO)cc1. The van der Waals surface area contributed by atoms with Gasteiger partial charge in [-0.05, 0) is 29.8 Å². The molecule has 1 aromatic carbocycles. The zero-order valence-electron chi connectivity index (χ0n) is 9.45. The van der Waals surface area contributed by atoms with Gasteiger partial charge in [0.1, 0.15) is 18.2 Å². The van der Waals surface area contributed by atoms with E-state index in [1.54, 1.807) is 6.20 Å². The molecule has 0 saturated carbocycles. The van der Waals surface area contributed by atoms with E-state index in [4.69, 9.17) is 9.94 Å². The minimum Gasteiger partial charge on any atom is -0.486 e. The van der Waals surface area contributed by atoms with E-state index in [1.807, 2.05) is 42.1 Å². The number of nitrogens with zero attached hydrogens (tertiary/aromatic N) is 3. The molecule has 0 radical (unpaired) electrons. The Morgan fingerprint density at radius 2 is 2.18 bits per heavy atom. The molecular formula is C12H13N3O2. The molecule has 0 unspecified atom stereocenters. The molecule has 0 bridgehead atoms. The summed E-state index contributed by atoms with van der Waals surface area (Å²) in [7, 11) is 1.92. The second-order valence-electron chi connectivity index (χ2n) is 3.56.